The fourth-order valence-electron chi connectivity index (χ4n) is 3.05. The molecule has 2 atom stereocenters. The van der Waals surface area contributed by atoms with Crippen LogP contribution >= 0.6 is 0 Å². The first-order valence-corrected chi connectivity index (χ1v) is 6.39. The number of hydrogen-bond acceptors (Lipinski definition) is 3. The first-order valence-electron chi connectivity index (χ1n) is 6.39. The van der Waals surface area contributed by atoms with Crippen LogP contribution < -0.4 is 10.6 Å². The lowest BCUT2D eigenvalue weighted by Gasteiger charge is -2.23. The van der Waals surface area contributed by atoms with Crippen molar-refractivity contribution < 1.29 is 9.53 Å². The largest absolute Gasteiger partial charge is 0.381 e. The lowest BCUT2D eigenvalue weighted by atomic mass is 9.96. The molecule has 0 bridgehead atoms. The fraction of sp³-hybridized carbons (Fsp3) is 0.917. The van der Waals surface area contributed by atoms with Crippen molar-refractivity contribution in [2.45, 2.75) is 31.7 Å². The number of amides is 1. The van der Waals surface area contributed by atoms with Gasteiger partial charge in [0.15, 0.2) is 0 Å². The second-order valence-corrected chi connectivity index (χ2v) is 5.43. The molecule has 2 heterocycles. The van der Waals surface area contributed by atoms with Crippen molar-refractivity contribution in [3.05, 3.63) is 0 Å². The maximum absolute atomic E-state index is 11.9. The standard InChI is InChI=1S/C12H20N2O2/c15-11(9-1-4-13-8-9)14-10-7-12(10)2-5-16-6-3-12/h9-10,13H,1-8H2,(H,14,15). The van der Waals surface area contributed by atoms with E-state index in [0.29, 0.717) is 11.5 Å². The van der Waals surface area contributed by atoms with Crippen LogP contribution in [0.2, 0.25) is 0 Å². The summed E-state index contributed by atoms with van der Waals surface area (Å²) in [6, 6.07) is 0.435. The SMILES string of the molecule is O=C(NC1CC12CCOCC2)C1CCNC1. The molecule has 3 aliphatic rings. The molecule has 4 heteroatoms. The molecule has 3 rings (SSSR count). The smallest absolute Gasteiger partial charge is 0.224 e. The van der Waals surface area contributed by atoms with Crippen LogP contribution in [0.3, 0.4) is 0 Å². The second-order valence-electron chi connectivity index (χ2n) is 5.43. The number of hydrogen-bond donors (Lipinski definition) is 2. The lowest BCUT2D eigenvalue weighted by molar-refractivity contribution is -0.124. The molecule has 0 radical (unpaired) electrons. The van der Waals surface area contributed by atoms with Crippen molar-refractivity contribution in [2.24, 2.45) is 11.3 Å². The summed E-state index contributed by atoms with van der Waals surface area (Å²) < 4.78 is 5.38. The van der Waals surface area contributed by atoms with Crippen molar-refractivity contribution >= 4 is 5.91 Å². The predicted octanol–water partition coefficient (Wildman–Crippen LogP) is 0.281. The van der Waals surface area contributed by atoms with Crippen molar-refractivity contribution in [2.75, 3.05) is 26.3 Å². The molecule has 16 heavy (non-hydrogen) atoms. The Morgan fingerprint density at radius 3 is 2.88 bits per heavy atom. The summed E-state index contributed by atoms with van der Waals surface area (Å²) >= 11 is 0. The Hall–Kier alpha value is -0.610. The molecule has 1 spiro atoms. The third-order valence-electron chi connectivity index (χ3n) is 4.43. The van der Waals surface area contributed by atoms with Crippen LogP contribution in [0, 0.1) is 11.3 Å². The van der Waals surface area contributed by atoms with E-state index in [9.17, 15) is 4.79 Å². The summed E-state index contributed by atoms with van der Waals surface area (Å²) in [5, 5.41) is 6.46. The van der Waals surface area contributed by atoms with Crippen LogP contribution in [-0.4, -0.2) is 38.3 Å². The molecule has 2 unspecified atom stereocenters. The molecule has 90 valence electrons. The zero-order valence-electron chi connectivity index (χ0n) is 9.63. The molecule has 2 N–H and O–H groups in total. The molecule has 2 saturated heterocycles. The Morgan fingerprint density at radius 1 is 1.38 bits per heavy atom. The number of carbonyl (C=O) groups is 1. The van der Waals surface area contributed by atoms with Crippen molar-refractivity contribution in [3.63, 3.8) is 0 Å². The van der Waals surface area contributed by atoms with Crippen LogP contribution in [0.15, 0.2) is 0 Å². The Balaban J connectivity index is 1.51. The molecule has 2 aliphatic heterocycles. The van der Waals surface area contributed by atoms with Gasteiger partial charge in [0, 0.05) is 25.8 Å². The highest BCUT2D eigenvalue weighted by Gasteiger charge is 2.55. The van der Waals surface area contributed by atoms with Gasteiger partial charge in [0.05, 0.1) is 5.92 Å². The fourth-order valence-corrected chi connectivity index (χ4v) is 3.05. The van der Waals surface area contributed by atoms with E-state index < -0.39 is 0 Å². The van der Waals surface area contributed by atoms with Gasteiger partial charge < -0.3 is 15.4 Å². The van der Waals surface area contributed by atoms with E-state index in [1.54, 1.807) is 0 Å². The maximum Gasteiger partial charge on any atom is 0.224 e. The van der Waals surface area contributed by atoms with E-state index in [4.69, 9.17) is 4.74 Å². The van der Waals surface area contributed by atoms with Crippen molar-refractivity contribution in [1.29, 1.82) is 0 Å². The van der Waals surface area contributed by atoms with Gasteiger partial charge >= 0.3 is 0 Å². The van der Waals surface area contributed by atoms with E-state index >= 15 is 0 Å². The van der Waals surface area contributed by atoms with E-state index in [2.05, 4.69) is 10.6 Å². The second kappa shape index (κ2) is 4.00. The van der Waals surface area contributed by atoms with E-state index in [-0.39, 0.29) is 11.8 Å². The Bertz CT molecular complexity index is 281. The summed E-state index contributed by atoms with van der Waals surface area (Å²) in [5.74, 6) is 0.468. The molecule has 0 aromatic heterocycles. The molecule has 3 fully saturated rings. The Kier molecular flexibility index (Phi) is 2.64. The van der Waals surface area contributed by atoms with Crippen LogP contribution in [0.25, 0.3) is 0 Å². The van der Waals surface area contributed by atoms with Gasteiger partial charge in [-0.15, -0.1) is 0 Å². The van der Waals surface area contributed by atoms with Gasteiger partial charge in [-0.25, -0.2) is 0 Å². The zero-order valence-corrected chi connectivity index (χ0v) is 9.63. The first kappa shape index (κ1) is 10.5. The molecular weight excluding hydrogens is 204 g/mol. The quantitative estimate of drug-likeness (QED) is 0.708. The van der Waals surface area contributed by atoms with Gasteiger partial charge in [0.25, 0.3) is 0 Å². The van der Waals surface area contributed by atoms with Gasteiger partial charge in [-0.05, 0) is 37.6 Å². The van der Waals surface area contributed by atoms with Gasteiger partial charge in [-0.3, -0.25) is 4.79 Å². The monoisotopic (exact) mass is 224 g/mol. The normalized spacial score (nSPS) is 36.2. The number of ether oxygens (including phenoxy) is 1. The lowest BCUT2D eigenvalue weighted by Crippen LogP contribution is -2.37. The summed E-state index contributed by atoms with van der Waals surface area (Å²) in [4.78, 5) is 11.9. The van der Waals surface area contributed by atoms with Crippen LogP contribution in [0.5, 0.6) is 0 Å². The molecule has 1 amide bonds. The highest BCUT2D eigenvalue weighted by molar-refractivity contribution is 5.80. The van der Waals surface area contributed by atoms with Gasteiger partial charge in [-0.1, -0.05) is 0 Å². The van der Waals surface area contributed by atoms with Gasteiger partial charge in [-0.2, -0.15) is 0 Å². The summed E-state index contributed by atoms with van der Waals surface area (Å²) in [5.41, 5.74) is 0.403. The van der Waals surface area contributed by atoms with E-state index in [0.717, 1.165) is 45.6 Å². The first-order chi connectivity index (χ1) is 7.80. The van der Waals surface area contributed by atoms with Gasteiger partial charge in [0.1, 0.15) is 0 Å². The Labute approximate surface area is 96.1 Å². The topological polar surface area (TPSA) is 50.4 Å². The summed E-state index contributed by atoms with van der Waals surface area (Å²) in [7, 11) is 0. The summed E-state index contributed by atoms with van der Waals surface area (Å²) in [6.07, 6.45) is 4.42. The number of rotatable bonds is 2. The molecule has 1 saturated carbocycles. The maximum atomic E-state index is 11.9. The highest BCUT2D eigenvalue weighted by atomic mass is 16.5. The molecule has 0 aromatic rings. The molecule has 4 nitrogen and oxygen atoms in total. The highest BCUT2D eigenvalue weighted by Crippen LogP contribution is 2.53. The third kappa shape index (κ3) is 1.84. The van der Waals surface area contributed by atoms with Crippen LogP contribution in [0.4, 0.5) is 0 Å². The average molecular weight is 224 g/mol. The molecule has 1 aliphatic carbocycles. The van der Waals surface area contributed by atoms with Crippen molar-refractivity contribution in [1.82, 2.24) is 10.6 Å². The number of carbonyl (C=O) groups excluding carboxylic acids is 1. The predicted molar refractivity (Wildman–Crippen MR) is 60.0 cm³/mol. The number of nitrogens with one attached hydrogen (secondary N) is 2. The molecular formula is C12H20N2O2. The summed E-state index contributed by atoms with van der Waals surface area (Å²) in [6.45, 7) is 3.59. The Morgan fingerprint density at radius 2 is 2.19 bits per heavy atom. The molecule has 0 aromatic carbocycles. The van der Waals surface area contributed by atoms with Crippen LogP contribution in [-0.2, 0) is 9.53 Å². The van der Waals surface area contributed by atoms with Crippen LogP contribution in [0.1, 0.15) is 25.7 Å². The average Bonchev–Trinajstić information content (AvgIpc) is 2.78. The minimum absolute atomic E-state index is 0.206. The zero-order chi connectivity index (χ0) is 11.0. The van der Waals surface area contributed by atoms with E-state index in [1.807, 2.05) is 0 Å². The van der Waals surface area contributed by atoms with Crippen molar-refractivity contribution in [3.8, 4) is 0 Å². The minimum atomic E-state index is 0.206. The minimum Gasteiger partial charge on any atom is -0.381 e. The van der Waals surface area contributed by atoms with E-state index in [1.165, 1.54) is 6.42 Å². The third-order valence-corrected chi connectivity index (χ3v) is 4.43. The van der Waals surface area contributed by atoms with Gasteiger partial charge in [0.2, 0.25) is 5.91 Å².